The van der Waals surface area contributed by atoms with Gasteiger partial charge >= 0.3 is 0 Å². The van der Waals surface area contributed by atoms with Crippen LogP contribution in [0.2, 0.25) is 0 Å². The summed E-state index contributed by atoms with van der Waals surface area (Å²) >= 11 is 0. The highest BCUT2D eigenvalue weighted by molar-refractivity contribution is 7.35. The zero-order valence-corrected chi connectivity index (χ0v) is 19.3. The Kier molecular flexibility index (Phi) is 25.8. The van der Waals surface area contributed by atoms with Crippen molar-refractivity contribution in [3.63, 3.8) is 0 Å². The third kappa shape index (κ3) is 24.4. The highest BCUT2D eigenvalue weighted by atomic mass is 31.1. The quantitative estimate of drug-likeness (QED) is 0.138. The molecule has 0 radical (unpaired) electrons. The van der Waals surface area contributed by atoms with Gasteiger partial charge in [-0.05, 0) is 12.6 Å². The molecule has 0 aliphatic carbocycles. The van der Waals surface area contributed by atoms with Crippen LogP contribution in [0.25, 0.3) is 0 Å². The topological polar surface area (TPSA) is 26.0 Å². The summed E-state index contributed by atoms with van der Waals surface area (Å²) in [6, 6.07) is 0. The van der Waals surface area contributed by atoms with Gasteiger partial charge in [0.15, 0.2) is 0 Å². The number of hydrogen-bond acceptors (Lipinski definition) is 1. The Labute approximate surface area is 168 Å². The second-order valence-electron chi connectivity index (χ2n) is 8.38. The summed E-state index contributed by atoms with van der Waals surface area (Å²) in [5, 5.41) is 0. The van der Waals surface area contributed by atoms with Crippen molar-refractivity contribution in [3.05, 3.63) is 0 Å². The van der Waals surface area contributed by atoms with Crippen LogP contribution in [0, 0.1) is 0 Å². The average Bonchev–Trinajstić information content (AvgIpc) is 2.66. The molecule has 0 amide bonds. The summed E-state index contributed by atoms with van der Waals surface area (Å²) in [6.07, 6.45) is 33.4. The second kappa shape index (κ2) is 25.4. The van der Waals surface area contributed by atoms with E-state index in [4.69, 9.17) is 5.50 Å². The van der Waals surface area contributed by atoms with Gasteiger partial charge in [0.2, 0.25) is 0 Å². The van der Waals surface area contributed by atoms with Crippen molar-refractivity contribution in [2.24, 2.45) is 5.50 Å². The number of unbranched alkanes of at least 4 members (excludes halogenated alkanes) is 21. The zero-order chi connectivity index (χ0) is 19.0. The summed E-state index contributed by atoms with van der Waals surface area (Å²) in [5.74, 6) is 0. The smallest absolute Gasteiger partial charge is 0.0224 e. The number of hydrogen-bond donors (Lipinski definition) is 1. The summed E-state index contributed by atoms with van der Waals surface area (Å²) in [6.45, 7) is 2.30. The normalized spacial score (nSPS) is 11.8. The zero-order valence-electron chi connectivity index (χ0n) is 18.3. The minimum atomic E-state index is 0.668. The molecule has 1 atom stereocenters. The van der Waals surface area contributed by atoms with Gasteiger partial charge < -0.3 is 5.50 Å². The molecule has 0 spiro atoms. The summed E-state index contributed by atoms with van der Waals surface area (Å²) in [7, 11) is 0.668. The molecular weight excluding hydrogens is 333 g/mol. The Hall–Kier alpha value is 0.390. The number of rotatable bonds is 23. The van der Waals surface area contributed by atoms with E-state index in [1.807, 2.05) is 0 Å². The van der Waals surface area contributed by atoms with Gasteiger partial charge in [-0.1, -0.05) is 150 Å². The van der Waals surface area contributed by atoms with Crippen molar-refractivity contribution in [2.75, 3.05) is 6.16 Å². The minimum Gasteiger partial charge on any atom is -0.312 e. The van der Waals surface area contributed by atoms with Crippen molar-refractivity contribution >= 4 is 8.73 Å². The van der Waals surface area contributed by atoms with Gasteiger partial charge in [0.05, 0.1) is 0 Å². The molecule has 0 bridgehead atoms. The fraction of sp³-hybridized carbons (Fsp3) is 1.00. The average molecular weight is 386 g/mol. The predicted molar refractivity (Wildman–Crippen MR) is 125 cm³/mol. The van der Waals surface area contributed by atoms with E-state index < -0.39 is 0 Å². The first-order valence-electron chi connectivity index (χ1n) is 12.3. The SMILES string of the molecule is CCCCCCCCCCCCCCCCCCCCCCCCPN. The highest BCUT2D eigenvalue weighted by Crippen LogP contribution is 2.15. The fourth-order valence-electron chi connectivity index (χ4n) is 3.84. The van der Waals surface area contributed by atoms with Gasteiger partial charge in [-0.2, -0.15) is 0 Å². The van der Waals surface area contributed by atoms with Gasteiger partial charge in [-0.15, -0.1) is 0 Å². The first-order chi connectivity index (χ1) is 12.9. The summed E-state index contributed by atoms with van der Waals surface area (Å²) < 4.78 is 0. The third-order valence-corrected chi connectivity index (χ3v) is 6.32. The van der Waals surface area contributed by atoms with Gasteiger partial charge in [0.25, 0.3) is 0 Å². The molecule has 2 N–H and O–H groups in total. The molecule has 0 aliphatic rings. The second-order valence-corrected chi connectivity index (χ2v) is 9.29. The maximum atomic E-state index is 5.55. The molecule has 26 heavy (non-hydrogen) atoms. The molecule has 0 aliphatic heterocycles. The molecule has 158 valence electrons. The van der Waals surface area contributed by atoms with Crippen molar-refractivity contribution < 1.29 is 0 Å². The monoisotopic (exact) mass is 385 g/mol. The Morgan fingerprint density at radius 3 is 0.846 bits per heavy atom. The standard InChI is InChI=1S/C24H52NP/c1-2-3-4-5-6-7-8-9-10-11-12-13-14-15-16-17-18-19-20-21-22-23-24-26-25/h26H,2-25H2,1H3. The molecule has 2 heteroatoms. The third-order valence-electron chi connectivity index (χ3n) is 5.67. The van der Waals surface area contributed by atoms with Gasteiger partial charge in [-0.3, -0.25) is 0 Å². The van der Waals surface area contributed by atoms with Crippen LogP contribution in [0.5, 0.6) is 0 Å². The van der Waals surface area contributed by atoms with Crippen LogP contribution in [-0.2, 0) is 0 Å². The molecule has 0 saturated heterocycles. The van der Waals surface area contributed by atoms with Gasteiger partial charge in [0, 0.05) is 0 Å². The van der Waals surface area contributed by atoms with Crippen molar-refractivity contribution in [1.82, 2.24) is 0 Å². The molecule has 1 nitrogen and oxygen atoms in total. The van der Waals surface area contributed by atoms with Crippen LogP contribution >= 0.6 is 8.73 Å². The van der Waals surface area contributed by atoms with E-state index in [1.54, 1.807) is 0 Å². The van der Waals surface area contributed by atoms with E-state index in [2.05, 4.69) is 6.92 Å². The summed E-state index contributed by atoms with van der Waals surface area (Å²) in [5.41, 5.74) is 5.55. The Balaban J connectivity index is 2.95. The van der Waals surface area contributed by atoms with Crippen molar-refractivity contribution in [3.8, 4) is 0 Å². The molecule has 0 aromatic carbocycles. The maximum absolute atomic E-state index is 5.55. The van der Waals surface area contributed by atoms with E-state index in [1.165, 1.54) is 147 Å². The Morgan fingerprint density at radius 2 is 0.615 bits per heavy atom. The van der Waals surface area contributed by atoms with E-state index in [0.29, 0.717) is 8.73 Å². The van der Waals surface area contributed by atoms with Crippen LogP contribution in [0.3, 0.4) is 0 Å². The largest absolute Gasteiger partial charge is 0.312 e. The molecule has 0 aromatic heterocycles. The summed E-state index contributed by atoms with van der Waals surface area (Å²) in [4.78, 5) is 0. The lowest BCUT2D eigenvalue weighted by atomic mass is 10.0. The molecule has 1 unspecified atom stereocenters. The van der Waals surface area contributed by atoms with E-state index in [-0.39, 0.29) is 0 Å². The lowest BCUT2D eigenvalue weighted by molar-refractivity contribution is 0.520. The molecule has 0 aromatic rings. The van der Waals surface area contributed by atoms with Gasteiger partial charge in [-0.25, -0.2) is 0 Å². The molecule has 0 fully saturated rings. The van der Waals surface area contributed by atoms with Crippen LogP contribution in [-0.4, -0.2) is 6.16 Å². The number of nitrogens with two attached hydrogens (primary N) is 1. The van der Waals surface area contributed by atoms with E-state index in [0.717, 1.165) is 0 Å². The first-order valence-corrected chi connectivity index (χ1v) is 13.6. The molecular formula is C24H52NP. The van der Waals surface area contributed by atoms with Crippen LogP contribution in [0.4, 0.5) is 0 Å². The van der Waals surface area contributed by atoms with Gasteiger partial charge in [0.1, 0.15) is 0 Å². The highest BCUT2D eigenvalue weighted by Gasteiger charge is 1.95. The van der Waals surface area contributed by atoms with Crippen molar-refractivity contribution in [1.29, 1.82) is 0 Å². The molecule has 0 heterocycles. The van der Waals surface area contributed by atoms with Crippen LogP contribution < -0.4 is 5.50 Å². The predicted octanol–water partition coefficient (Wildman–Crippen LogP) is 9.14. The van der Waals surface area contributed by atoms with E-state index >= 15 is 0 Å². The maximum Gasteiger partial charge on any atom is -0.0224 e. The van der Waals surface area contributed by atoms with Crippen molar-refractivity contribution in [2.45, 2.75) is 148 Å². The fourth-order valence-corrected chi connectivity index (χ4v) is 4.29. The molecule has 0 rings (SSSR count). The molecule has 0 saturated carbocycles. The van der Waals surface area contributed by atoms with E-state index in [9.17, 15) is 0 Å². The lowest BCUT2D eigenvalue weighted by Gasteiger charge is -2.04. The lowest BCUT2D eigenvalue weighted by Crippen LogP contribution is -1.85. The Bertz CT molecular complexity index is 208. The van der Waals surface area contributed by atoms with Crippen LogP contribution in [0.1, 0.15) is 148 Å². The first kappa shape index (κ1) is 26.4. The Morgan fingerprint density at radius 1 is 0.385 bits per heavy atom. The minimum absolute atomic E-state index is 0.668. The van der Waals surface area contributed by atoms with Crippen LogP contribution in [0.15, 0.2) is 0 Å².